The van der Waals surface area contributed by atoms with Gasteiger partial charge in [0.25, 0.3) is 5.91 Å². The third-order valence-electron chi connectivity index (χ3n) is 2.19. The number of aliphatic carboxylic acids is 1. The van der Waals surface area contributed by atoms with Gasteiger partial charge in [-0.1, -0.05) is 0 Å². The zero-order chi connectivity index (χ0) is 13.7. The van der Waals surface area contributed by atoms with Crippen molar-refractivity contribution < 1.29 is 29.3 Å². The second-order valence-corrected chi connectivity index (χ2v) is 3.56. The first-order chi connectivity index (χ1) is 8.41. The standard InChI is InChI=1S/C11H12FNO5/c12-6-1-2-8(14)7(5-6)10(16)13-4-3-9(15)11(17)18/h1-2,5,9,14-15H,3-4H2,(H,13,16)(H,17,18). The fraction of sp³-hybridized carbons (Fsp3) is 0.273. The van der Waals surface area contributed by atoms with Crippen LogP contribution in [0.1, 0.15) is 16.8 Å². The van der Waals surface area contributed by atoms with Crippen molar-refractivity contribution in [2.75, 3.05) is 6.54 Å². The number of carbonyl (C=O) groups excluding carboxylic acids is 1. The summed E-state index contributed by atoms with van der Waals surface area (Å²) in [6.45, 7) is -0.109. The Hall–Kier alpha value is -2.15. The number of halogens is 1. The summed E-state index contributed by atoms with van der Waals surface area (Å²) in [5.74, 6) is -3.20. The Labute approximate surface area is 102 Å². The second-order valence-electron chi connectivity index (χ2n) is 3.56. The van der Waals surface area contributed by atoms with E-state index in [1.807, 2.05) is 0 Å². The highest BCUT2D eigenvalue weighted by Crippen LogP contribution is 2.17. The number of carboxylic acid groups (broad SMARTS) is 1. The predicted molar refractivity (Wildman–Crippen MR) is 58.7 cm³/mol. The predicted octanol–water partition coefficient (Wildman–Crippen LogP) is 0.0967. The van der Waals surface area contributed by atoms with Crippen LogP contribution in [0.5, 0.6) is 5.75 Å². The summed E-state index contributed by atoms with van der Waals surface area (Å²) >= 11 is 0. The Morgan fingerprint density at radius 1 is 1.39 bits per heavy atom. The van der Waals surface area contributed by atoms with Gasteiger partial charge in [0, 0.05) is 13.0 Å². The van der Waals surface area contributed by atoms with Gasteiger partial charge in [-0.2, -0.15) is 0 Å². The van der Waals surface area contributed by atoms with E-state index >= 15 is 0 Å². The number of phenolic OH excluding ortho intramolecular Hbond substituents is 1. The highest BCUT2D eigenvalue weighted by Gasteiger charge is 2.15. The molecule has 1 rings (SSSR count). The lowest BCUT2D eigenvalue weighted by Gasteiger charge is -2.08. The molecule has 1 atom stereocenters. The smallest absolute Gasteiger partial charge is 0.332 e. The van der Waals surface area contributed by atoms with E-state index in [0.29, 0.717) is 0 Å². The molecule has 0 aliphatic rings. The topological polar surface area (TPSA) is 107 Å². The van der Waals surface area contributed by atoms with Crippen molar-refractivity contribution in [1.82, 2.24) is 5.32 Å². The summed E-state index contributed by atoms with van der Waals surface area (Å²) in [4.78, 5) is 21.8. The summed E-state index contributed by atoms with van der Waals surface area (Å²) in [5.41, 5.74) is -0.250. The summed E-state index contributed by atoms with van der Waals surface area (Å²) in [6.07, 6.45) is -1.76. The molecule has 18 heavy (non-hydrogen) atoms. The molecule has 1 unspecified atom stereocenters. The number of hydrogen-bond acceptors (Lipinski definition) is 4. The number of phenols is 1. The van der Waals surface area contributed by atoms with Crippen LogP contribution in [0.3, 0.4) is 0 Å². The van der Waals surface area contributed by atoms with Crippen LogP contribution in [0, 0.1) is 5.82 Å². The van der Waals surface area contributed by atoms with E-state index in [-0.39, 0.29) is 24.3 Å². The number of aliphatic hydroxyl groups excluding tert-OH is 1. The normalized spacial score (nSPS) is 11.9. The van der Waals surface area contributed by atoms with Crippen LogP contribution < -0.4 is 5.32 Å². The molecule has 98 valence electrons. The fourth-order valence-electron chi connectivity index (χ4n) is 1.23. The summed E-state index contributed by atoms with van der Waals surface area (Å²) in [5, 5.41) is 28.9. The highest BCUT2D eigenvalue weighted by atomic mass is 19.1. The molecule has 0 saturated heterocycles. The fourth-order valence-corrected chi connectivity index (χ4v) is 1.23. The van der Waals surface area contributed by atoms with Crippen LogP contribution in [0.25, 0.3) is 0 Å². The monoisotopic (exact) mass is 257 g/mol. The number of amides is 1. The molecule has 0 heterocycles. The Morgan fingerprint density at radius 2 is 2.06 bits per heavy atom. The summed E-state index contributed by atoms with van der Waals surface area (Å²) < 4.78 is 12.9. The molecule has 0 bridgehead atoms. The van der Waals surface area contributed by atoms with E-state index in [0.717, 1.165) is 18.2 Å². The van der Waals surface area contributed by atoms with Gasteiger partial charge in [-0.15, -0.1) is 0 Å². The number of carboxylic acids is 1. The summed E-state index contributed by atoms with van der Waals surface area (Å²) in [6, 6.07) is 2.90. The molecule has 0 aliphatic carbocycles. The van der Waals surface area contributed by atoms with Crippen LogP contribution in [0.4, 0.5) is 4.39 Å². The highest BCUT2D eigenvalue weighted by molar-refractivity contribution is 5.96. The quantitative estimate of drug-likeness (QED) is 0.598. The van der Waals surface area contributed by atoms with Crippen molar-refractivity contribution in [1.29, 1.82) is 0 Å². The number of nitrogens with one attached hydrogen (secondary N) is 1. The number of carbonyl (C=O) groups is 2. The number of aromatic hydroxyl groups is 1. The summed E-state index contributed by atoms with van der Waals surface area (Å²) in [7, 11) is 0. The third-order valence-corrected chi connectivity index (χ3v) is 2.19. The molecule has 0 aliphatic heterocycles. The van der Waals surface area contributed by atoms with Crippen molar-refractivity contribution in [3.63, 3.8) is 0 Å². The molecular weight excluding hydrogens is 245 g/mol. The van der Waals surface area contributed by atoms with Crippen LogP contribution in [0.2, 0.25) is 0 Å². The van der Waals surface area contributed by atoms with E-state index < -0.39 is 23.8 Å². The average molecular weight is 257 g/mol. The molecule has 1 aromatic rings. The largest absolute Gasteiger partial charge is 0.507 e. The molecule has 1 amide bonds. The molecule has 0 saturated carbocycles. The number of hydrogen-bond donors (Lipinski definition) is 4. The van der Waals surface area contributed by atoms with Gasteiger partial charge in [0.15, 0.2) is 6.10 Å². The lowest BCUT2D eigenvalue weighted by Crippen LogP contribution is -2.30. The van der Waals surface area contributed by atoms with E-state index in [9.17, 15) is 19.1 Å². The Balaban J connectivity index is 2.55. The van der Waals surface area contributed by atoms with Crippen LogP contribution in [-0.2, 0) is 4.79 Å². The van der Waals surface area contributed by atoms with Gasteiger partial charge in [-0.3, -0.25) is 4.79 Å². The van der Waals surface area contributed by atoms with Crippen molar-refractivity contribution in [3.8, 4) is 5.75 Å². The van der Waals surface area contributed by atoms with Crippen LogP contribution in [0.15, 0.2) is 18.2 Å². The van der Waals surface area contributed by atoms with Crippen molar-refractivity contribution >= 4 is 11.9 Å². The average Bonchev–Trinajstić information content (AvgIpc) is 2.31. The lowest BCUT2D eigenvalue weighted by molar-refractivity contribution is -0.146. The minimum atomic E-state index is -1.58. The number of aliphatic hydroxyl groups is 1. The van der Waals surface area contributed by atoms with Gasteiger partial charge in [0.05, 0.1) is 5.56 Å². The first-order valence-corrected chi connectivity index (χ1v) is 5.09. The van der Waals surface area contributed by atoms with Gasteiger partial charge < -0.3 is 20.6 Å². The van der Waals surface area contributed by atoms with E-state index in [4.69, 9.17) is 10.2 Å². The minimum Gasteiger partial charge on any atom is -0.507 e. The first-order valence-electron chi connectivity index (χ1n) is 5.09. The van der Waals surface area contributed by atoms with Gasteiger partial charge in [-0.05, 0) is 18.2 Å². The maximum atomic E-state index is 12.9. The van der Waals surface area contributed by atoms with Crippen LogP contribution >= 0.6 is 0 Å². The molecule has 1 aromatic carbocycles. The molecule has 0 fully saturated rings. The van der Waals surface area contributed by atoms with Crippen molar-refractivity contribution in [3.05, 3.63) is 29.6 Å². The Kier molecular flexibility index (Phi) is 4.61. The molecule has 7 heteroatoms. The molecule has 4 N–H and O–H groups in total. The third kappa shape index (κ3) is 3.70. The molecule has 0 spiro atoms. The zero-order valence-corrected chi connectivity index (χ0v) is 9.26. The van der Waals surface area contributed by atoms with E-state index in [1.165, 1.54) is 0 Å². The number of benzene rings is 1. The zero-order valence-electron chi connectivity index (χ0n) is 9.26. The second kappa shape index (κ2) is 5.97. The molecular formula is C11H12FNO5. The van der Waals surface area contributed by atoms with Crippen LogP contribution in [-0.4, -0.2) is 39.8 Å². The first kappa shape index (κ1) is 13.9. The minimum absolute atomic E-state index is 0.109. The molecule has 0 aromatic heterocycles. The van der Waals surface area contributed by atoms with E-state index in [2.05, 4.69) is 5.32 Å². The van der Waals surface area contributed by atoms with Crippen molar-refractivity contribution in [2.24, 2.45) is 0 Å². The van der Waals surface area contributed by atoms with Gasteiger partial charge in [0.2, 0.25) is 0 Å². The Morgan fingerprint density at radius 3 is 2.67 bits per heavy atom. The maximum Gasteiger partial charge on any atom is 0.332 e. The maximum absolute atomic E-state index is 12.9. The lowest BCUT2D eigenvalue weighted by atomic mass is 10.1. The van der Waals surface area contributed by atoms with Crippen molar-refractivity contribution in [2.45, 2.75) is 12.5 Å². The Bertz CT molecular complexity index is 463. The molecule has 6 nitrogen and oxygen atoms in total. The van der Waals surface area contributed by atoms with Gasteiger partial charge in [0.1, 0.15) is 11.6 Å². The van der Waals surface area contributed by atoms with E-state index in [1.54, 1.807) is 0 Å². The van der Waals surface area contributed by atoms with Gasteiger partial charge >= 0.3 is 5.97 Å². The van der Waals surface area contributed by atoms with Gasteiger partial charge in [-0.25, -0.2) is 9.18 Å². The number of rotatable bonds is 5. The molecule has 0 radical (unpaired) electrons. The SMILES string of the molecule is O=C(NCCC(O)C(=O)O)c1cc(F)ccc1O.